The first-order valence-electron chi connectivity index (χ1n) is 7.54. The molecule has 0 N–H and O–H groups in total. The van der Waals surface area contributed by atoms with Crippen molar-refractivity contribution in [2.75, 3.05) is 24.7 Å². The molecule has 1 aromatic rings. The lowest BCUT2D eigenvalue weighted by atomic mass is 10.0. The van der Waals surface area contributed by atoms with Crippen molar-refractivity contribution in [2.45, 2.75) is 39.2 Å². The Morgan fingerprint density at radius 2 is 2.32 bits per heavy atom. The molecule has 1 fully saturated rings. The third-order valence-corrected chi connectivity index (χ3v) is 4.26. The Labute approximate surface area is 145 Å². The molecule has 122 valence electrons. The van der Waals surface area contributed by atoms with Gasteiger partial charge < -0.3 is 9.47 Å². The Morgan fingerprint density at radius 1 is 1.55 bits per heavy atom. The van der Waals surface area contributed by atoms with E-state index in [4.69, 9.17) is 9.47 Å². The van der Waals surface area contributed by atoms with E-state index in [0.29, 0.717) is 19.1 Å². The standard InChI is InChI=1S/C16H23IN2O3/c1-16(2,3)22-15(20)19(10-12-5-4-8-21-11-12)14-9-18-7-6-13(14)17/h6-7,9,12H,4-5,8,10-11H2,1-3H3/t12-/m0/s1. The highest BCUT2D eigenvalue weighted by atomic mass is 127. The molecule has 1 atom stereocenters. The number of amides is 1. The third-order valence-electron chi connectivity index (χ3n) is 3.35. The number of carbonyl (C=O) groups excluding carboxylic acids is 1. The largest absolute Gasteiger partial charge is 0.443 e. The van der Waals surface area contributed by atoms with Gasteiger partial charge in [-0.3, -0.25) is 9.88 Å². The predicted molar refractivity (Wildman–Crippen MR) is 94.1 cm³/mol. The van der Waals surface area contributed by atoms with Crippen molar-refractivity contribution in [1.29, 1.82) is 0 Å². The van der Waals surface area contributed by atoms with Crippen LogP contribution in [-0.2, 0) is 9.47 Å². The number of hydrogen-bond donors (Lipinski definition) is 0. The van der Waals surface area contributed by atoms with Crippen LogP contribution in [0, 0.1) is 9.49 Å². The number of ether oxygens (including phenoxy) is 2. The molecule has 0 radical (unpaired) electrons. The zero-order valence-electron chi connectivity index (χ0n) is 13.3. The molecule has 2 heterocycles. The number of carbonyl (C=O) groups is 1. The Hall–Kier alpha value is -0.890. The summed E-state index contributed by atoms with van der Waals surface area (Å²) in [5, 5.41) is 0. The summed E-state index contributed by atoms with van der Waals surface area (Å²) in [6.45, 7) is 7.73. The molecule has 6 heteroatoms. The smallest absolute Gasteiger partial charge is 0.414 e. The van der Waals surface area contributed by atoms with Crippen LogP contribution in [0.4, 0.5) is 10.5 Å². The highest BCUT2D eigenvalue weighted by Gasteiger charge is 2.28. The van der Waals surface area contributed by atoms with E-state index in [1.54, 1.807) is 17.3 Å². The fraction of sp³-hybridized carbons (Fsp3) is 0.625. The summed E-state index contributed by atoms with van der Waals surface area (Å²) in [7, 11) is 0. The zero-order valence-corrected chi connectivity index (χ0v) is 15.5. The molecule has 0 aliphatic carbocycles. The minimum Gasteiger partial charge on any atom is -0.443 e. The summed E-state index contributed by atoms with van der Waals surface area (Å²) >= 11 is 2.22. The van der Waals surface area contributed by atoms with Gasteiger partial charge in [0.05, 0.1) is 18.5 Å². The maximum atomic E-state index is 12.6. The SMILES string of the molecule is CC(C)(C)OC(=O)N(C[C@@H]1CCCOC1)c1cnccc1I. The van der Waals surface area contributed by atoms with Crippen molar-refractivity contribution < 1.29 is 14.3 Å². The average molecular weight is 418 g/mol. The summed E-state index contributed by atoms with van der Waals surface area (Å²) in [5.74, 6) is 0.331. The quantitative estimate of drug-likeness (QED) is 0.700. The van der Waals surface area contributed by atoms with Gasteiger partial charge in [0, 0.05) is 28.8 Å². The number of anilines is 1. The van der Waals surface area contributed by atoms with Gasteiger partial charge in [0.25, 0.3) is 0 Å². The van der Waals surface area contributed by atoms with Gasteiger partial charge in [0.15, 0.2) is 0 Å². The second kappa shape index (κ2) is 7.59. The van der Waals surface area contributed by atoms with Crippen LogP contribution in [0.2, 0.25) is 0 Å². The molecule has 5 nitrogen and oxygen atoms in total. The van der Waals surface area contributed by atoms with Crippen molar-refractivity contribution in [1.82, 2.24) is 4.98 Å². The molecular weight excluding hydrogens is 395 g/mol. The summed E-state index contributed by atoms with van der Waals surface area (Å²) < 4.78 is 12.1. The molecule has 22 heavy (non-hydrogen) atoms. The van der Waals surface area contributed by atoms with Crippen LogP contribution < -0.4 is 4.90 Å². The van der Waals surface area contributed by atoms with Gasteiger partial charge in [-0.05, 0) is 62.3 Å². The lowest BCUT2D eigenvalue weighted by Gasteiger charge is -2.32. The minimum atomic E-state index is -0.522. The maximum Gasteiger partial charge on any atom is 0.414 e. The van der Waals surface area contributed by atoms with Gasteiger partial charge in [-0.25, -0.2) is 4.79 Å². The fourth-order valence-corrected chi connectivity index (χ4v) is 2.96. The van der Waals surface area contributed by atoms with Crippen molar-refractivity contribution in [3.63, 3.8) is 0 Å². The van der Waals surface area contributed by atoms with Gasteiger partial charge in [-0.15, -0.1) is 0 Å². The molecule has 2 rings (SSSR count). The summed E-state index contributed by atoms with van der Waals surface area (Å²) in [6, 6.07) is 1.89. The number of hydrogen-bond acceptors (Lipinski definition) is 4. The molecule has 1 aromatic heterocycles. The third kappa shape index (κ3) is 5.08. The van der Waals surface area contributed by atoms with Crippen LogP contribution >= 0.6 is 22.6 Å². The molecule has 0 saturated carbocycles. The number of aromatic nitrogens is 1. The molecule has 1 saturated heterocycles. The van der Waals surface area contributed by atoms with Gasteiger partial charge in [0.2, 0.25) is 0 Å². The molecule has 0 bridgehead atoms. The highest BCUT2D eigenvalue weighted by Crippen LogP contribution is 2.26. The Morgan fingerprint density at radius 3 is 2.91 bits per heavy atom. The number of rotatable bonds is 3. The van der Waals surface area contributed by atoms with Gasteiger partial charge >= 0.3 is 6.09 Å². The Kier molecular flexibility index (Phi) is 6.02. The Balaban J connectivity index is 2.20. The highest BCUT2D eigenvalue weighted by molar-refractivity contribution is 14.1. The van der Waals surface area contributed by atoms with Gasteiger partial charge in [0.1, 0.15) is 5.60 Å². The first kappa shape index (κ1) is 17.5. The number of halogens is 1. The number of nitrogens with zero attached hydrogens (tertiary/aromatic N) is 2. The first-order valence-corrected chi connectivity index (χ1v) is 8.62. The summed E-state index contributed by atoms with van der Waals surface area (Å²) in [5.41, 5.74) is 0.273. The normalized spacial score (nSPS) is 18.8. The Bertz CT molecular complexity index is 510. The molecule has 1 aliphatic heterocycles. The van der Waals surface area contributed by atoms with E-state index in [1.165, 1.54) is 0 Å². The van der Waals surface area contributed by atoms with Gasteiger partial charge in [-0.1, -0.05) is 0 Å². The van der Waals surface area contributed by atoms with Crippen LogP contribution in [0.3, 0.4) is 0 Å². The maximum absolute atomic E-state index is 12.6. The van der Waals surface area contributed by atoms with Gasteiger partial charge in [-0.2, -0.15) is 0 Å². The minimum absolute atomic E-state index is 0.330. The zero-order chi connectivity index (χ0) is 16.2. The van der Waals surface area contributed by atoms with E-state index in [0.717, 1.165) is 28.7 Å². The van der Waals surface area contributed by atoms with Crippen LogP contribution in [0.5, 0.6) is 0 Å². The second-order valence-electron chi connectivity index (χ2n) is 6.50. The second-order valence-corrected chi connectivity index (χ2v) is 7.66. The summed E-state index contributed by atoms with van der Waals surface area (Å²) in [4.78, 5) is 18.5. The van der Waals surface area contributed by atoms with E-state index in [-0.39, 0.29) is 6.09 Å². The van der Waals surface area contributed by atoms with E-state index in [9.17, 15) is 4.79 Å². The predicted octanol–water partition coefficient (Wildman–Crippen LogP) is 3.85. The van der Waals surface area contributed by atoms with Crippen LogP contribution in [-0.4, -0.2) is 36.4 Å². The lowest BCUT2D eigenvalue weighted by Crippen LogP contribution is -2.41. The lowest BCUT2D eigenvalue weighted by molar-refractivity contribution is 0.0465. The van der Waals surface area contributed by atoms with Crippen LogP contribution in [0.1, 0.15) is 33.6 Å². The van der Waals surface area contributed by atoms with Crippen molar-refractivity contribution in [3.8, 4) is 0 Å². The van der Waals surface area contributed by atoms with E-state index >= 15 is 0 Å². The van der Waals surface area contributed by atoms with Crippen molar-refractivity contribution >= 4 is 34.4 Å². The van der Waals surface area contributed by atoms with E-state index < -0.39 is 5.60 Å². The fourth-order valence-electron chi connectivity index (χ4n) is 2.37. The molecule has 0 spiro atoms. The molecule has 1 aliphatic rings. The van der Waals surface area contributed by atoms with E-state index in [2.05, 4.69) is 27.6 Å². The van der Waals surface area contributed by atoms with Crippen molar-refractivity contribution in [2.24, 2.45) is 5.92 Å². The molecule has 0 aromatic carbocycles. The monoisotopic (exact) mass is 418 g/mol. The van der Waals surface area contributed by atoms with E-state index in [1.807, 2.05) is 26.8 Å². The first-order chi connectivity index (χ1) is 10.4. The molecule has 0 unspecified atom stereocenters. The average Bonchev–Trinajstić information content (AvgIpc) is 2.45. The van der Waals surface area contributed by atoms with Crippen LogP contribution in [0.25, 0.3) is 0 Å². The number of pyridine rings is 1. The summed E-state index contributed by atoms with van der Waals surface area (Å²) in [6.07, 6.45) is 5.22. The van der Waals surface area contributed by atoms with Crippen molar-refractivity contribution in [3.05, 3.63) is 22.0 Å². The molecule has 1 amide bonds. The van der Waals surface area contributed by atoms with Crippen LogP contribution in [0.15, 0.2) is 18.5 Å². The topological polar surface area (TPSA) is 51.7 Å². The molecular formula is C16H23IN2O3.